The van der Waals surface area contributed by atoms with Crippen LogP contribution in [0.3, 0.4) is 0 Å². The molecular formula is C15H20F4N2. The first-order valence-corrected chi connectivity index (χ1v) is 6.98. The van der Waals surface area contributed by atoms with Gasteiger partial charge >= 0.3 is 6.18 Å². The molecule has 1 aliphatic carbocycles. The zero-order chi connectivity index (χ0) is 15.8. The molecule has 1 atom stereocenters. The third-order valence-electron chi connectivity index (χ3n) is 4.60. The van der Waals surface area contributed by atoms with E-state index in [0.29, 0.717) is 5.56 Å². The van der Waals surface area contributed by atoms with Gasteiger partial charge in [0, 0.05) is 11.6 Å². The SMILES string of the molecule is CN(C)C1(C(N)c2ccc(C(F)(F)F)c(F)c2)CCCC1. The lowest BCUT2D eigenvalue weighted by molar-refractivity contribution is -0.140. The van der Waals surface area contributed by atoms with Gasteiger partial charge in [0.1, 0.15) is 5.82 Å². The summed E-state index contributed by atoms with van der Waals surface area (Å²) in [5, 5.41) is 0. The highest BCUT2D eigenvalue weighted by Crippen LogP contribution is 2.43. The quantitative estimate of drug-likeness (QED) is 0.862. The smallest absolute Gasteiger partial charge is 0.322 e. The summed E-state index contributed by atoms with van der Waals surface area (Å²) >= 11 is 0. The zero-order valence-corrected chi connectivity index (χ0v) is 12.2. The minimum Gasteiger partial charge on any atom is -0.322 e. The molecule has 0 radical (unpaired) electrons. The van der Waals surface area contributed by atoms with E-state index >= 15 is 0 Å². The molecule has 118 valence electrons. The molecule has 1 unspecified atom stereocenters. The van der Waals surface area contributed by atoms with Crippen LogP contribution in [0.1, 0.15) is 42.9 Å². The van der Waals surface area contributed by atoms with E-state index in [-0.39, 0.29) is 5.54 Å². The minimum absolute atomic E-state index is 0.313. The predicted molar refractivity (Wildman–Crippen MR) is 73.2 cm³/mol. The number of alkyl halides is 3. The molecule has 0 aromatic heterocycles. The van der Waals surface area contributed by atoms with Crippen LogP contribution in [-0.4, -0.2) is 24.5 Å². The summed E-state index contributed by atoms with van der Waals surface area (Å²) in [6.45, 7) is 0. The lowest BCUT2D eigenvalue weighted by atomic mass is 9.83. The third-order valence-corrected chi connectivity index (χ3v) is 4.60. The molecular weight excluding hydrogens is 284 g/mol. The average molecular weight is 304 g/mol. The first-order valence-electron chi connectivity index (χ1n) is 6.98. The predicted octanol–water partition coefficient (Wildman–Crippen LogP) is 3.72. The van der Waals surface area contributed by atoms with Crippen molar-refractivity contribution in [2.75, 3.05) is 14.1 Å². The normalized spacial score (nSPS) is 20.0. The van der Waals surface area contributed by atoms with Crippen LogP contribution in [0.5, 0.6) is 0 Å². The maximum atomic E-state index is 13.7. The van der Waals surface area contributed by atoms with E-state index in [9.17, 15) is 17.6 Å². The van der Waals surface area contributed by atoms with Crippen LogP contribution >= 0.6 is 0 Å². The van der Waals surface area contributed by atoms with Gasteiger partial charge in [-0.3, -0.25) is 0 Å². The number of nitrogens with zero attached hydrogens (tertiary/aromatic N) is 1. The fourth-order valence-electron chi connectivity index (χ4n) is 3.29. The van der Waals surface area contributed by atoms with Crippen LogP contribution in [0.25, 0.3) is 0 Å². The number of hydrogen-bond donors (Lipinski definition) is 1. The topological polar surface area (TPSA) is 29.3 Å². The van der Waals surface area contributed by atoms with Gasteiger partial charge in [-0.05, 0) is 44.6 Å². The minimum atomic E-state index is -4.68. The maximum Gasteiger partial charge on any atom is 0.419 e. The fraction of sp³-hybridized carbons (Fsp3) is 0.600. The Labute approximate surface area is 121 Å². The van der Waals surface area contributed by atoms with Gasteiger partial charge in [-0.15, -0.1) is 0 Å². The van der Waals surface area contributed by atoms with Gasteiger partial charge in [0.05, 0.1) is 5.56 Å². The van der Waals surface area contributed by atoms with Gasteiger partial charge in [0.2, 0.25) is 0 Å². The second-order valence-corrected chi connectivity index (χ2v) is 5.92. The highest BCUT2D eigenvalue weighted by molar-refractivity contribution is 5.30. The Morgan fingerprint density at radius 2 is 1.76 bits per heavy atom. The Bertz CT molecular complexity index is 505. The van der Waals surface area contributed by atoms with Crippen LogP contribution in [-0.2, 0) is 6.18 Å². The van der Waals surface area contributed by atoms with Crippen molar-refractivity contribution < 1.29 is 17.6 Å². The molecule has 1 saturated carbocycles. The maximum absolute atomic E-state index is 13.7. The molecule has 0 amide bonds. The Balaban J connectivity index is 2.36. The Kier molecular flexibility index (Phi) is 4.31. The number of likely N-dealkylation sites (N-methyl/N-ethyl adjacent to an activating group) is 1. The summed E-state index contributed by atoms with van der Waals surface area (Å²) in [5.74, 6) is -1.26. The first-order chi connectivity index (χ1) is 9.68. The standard InChI is InChI=1S/C15H20F4N2/c1-21(2)14(7-3-4-8-14)13(20)10-5-6-11(12(16)9-10)15(17,18)19/h5-6,9,13H,3-4,7-8,20H2,1-2H3. The summed E-state index contributed by atoms with van der Waals surface area (Å²) < 4.78 is 51.5. The van der Waals surface area contributed by atoms with Crippen molar-refractivity contribution in [3.8, 4) is 0 Å². The summed E-state index contributed by atoms with van der Waals surface area (Å²) in [7, 11) is 3.82. The summed E-state index contributed by atoms with van der Waals surface area (Å²) in [6, 6.07) is 2.49. The van der Waals surface area contributed by atoms with E-state index in [2.05, 4.69) is 0 Å². The van der Waals surface area contributed by atoms with Crippen molar-refractivity contribution in [3.05, 3.63) is 35.1 Å². The van der Waals surface area contributed by atoms with Crippen molar-refractivity contribution in [2.24, 2.45) is 5.73 Å². The summed E-state index contributed by atoms with van der Waals surface area (Å²) in [5.41, 5.74) is 5.13. The van der Waals surface area contributed by atoms with Crippen LogP contribution in [0, 0.1) is 5.82 Å². The van der Waals surface area contributed by atoms with Crippen LogP contribution < -0.4 is 5.73 Å². The lowest BCUT2D eigenvalue weighted by Gasteiger charge is -2.41. The largest absolute Gasteiger partial charge is 0.419 e. The highest BCUT2D eigenvalue weighted by Gasteiger charge is 2.43. The van der Waals surface area contributed by atoms with Crippen molar-refractivity contribution >= 4 is 0 Å². The van der Waals surface area contributed by atoms with E-state index in [1.54, 1.807) is 0 Å². The molecule has 1 aromatic carbocycles. The van der Waals surface area contributed by atoms with Crippen LogP contribution in [0.2, 0.25) is 0 Å². The molecule has 2 N–H and O–H groups in total. The molecule has 0 saturated heterocycles. The molecule has 2 nitrogen and oxygen atoms in total. The van der Waals surface area contributed by atoms with Crippen molar-refractivity contribution in [3.63, 3.8) is 0 Å². The Morgan fingerprint density at radius 3 is 2.19 bits per heavy atom. The summed E-state index contributed by atoms with van der Waals surface area (Å²) in [4.78, 5) is 2.01. The number of hydrogen-bond acceptors (Lipinski definition) is 2. The molecule has 2 rings (SSSR count). The van der Waals surface area contributed by atoms with Crippen molar-refractivity contribution in [1.82, 2.24) is 4.90 Å². The van der Waals surface area contributed by atoms with Crippen LogP contribution in [0.15, 0.2) is 18.2 Å². The van der Waals surface area contributed by atoms with Gasteiger partial charge < -0.3 is 10.6 Å². The molecule has 21 heavy (non-hydrogen) atoms. The molecule has 1 fully saturated rings. The van der Waals surface area contributed by atoms with Gasteiger partial charge in [0.15, 0.2) is 0 Å². The van der Waals surface area contributed by atoms with Gasteiger partial charge in [-0.1, -0.05) is 18.9 Å². The van der Waals surface area contributed by atoms with Gasteiger partial charge in [0.25, 0.3) is 0 Å². The van der Waals surface area contributed by atoms with Crippen molar-refractivity contribution in [1.29, 1.82) is 0 Å². The van der Waals surface area contributed by atoms with E-state index < -0.39 is 23.6 Å². The molecule has 1 aromatic rings. The number of benzene rings is 1. The van der Waals surface area contributed by atoms with E-state index in [4.69, 9.17) is 5.73 Å². The number of nitrogens with two attached hydrogens (primary N) is 1. The first kappa shape index (κ1) is 16.2. The monoisotopic (exact) mass is 304 g/mol. The number of rotatable bonds is 3. The molecule has 0 heterocycles. The van der Waals surface area contributed by atoms with Crippen LogP contribution in [0.4, 0.5) is 17.6 Å². The van der Waals surface area contributed by atoms with Gasteiger partial charge in [-0.25, -0.2) is 4.39 Å². The van der Waals surface area contributed by atoms with Crippen molar-refractivity contribution in [2.45, 2.75) is 43.4 Å². The molecule has 0 spiro atoms. The Morgan fingerprint density at radius 1 is 1.19 bits per heavy atom. The zero-order valence-electron chi connectivity index (χ0n) is 12.2. The Hall–Kier alpha value is -1.14. The lowest BCUT2D eigenvalue weighted by Crippen LogP contribution is -2.50. The van der Waals surface area contributed by atoms with E-state index in [1.165, 1.54) is 6.07 Å². The highest BCUT2D eigenvalue weighted by atomic mass is 19.4. The fourth-order valence-corrected chi connectivity index (χ4v) is 3.29. The number of halogens is 4. The van der Waals surface area contributed by atoms with Gasteiger partial charge in [-0.2, -0.15) is 13.2 Å². The third kappa shape index (κ3) is 2.92. The molecule has 6 heteroatoms. The molecule has 1 aliphatic rings. The summed E-state index contributed by atoms with van der Waals surface area (Å²) in [6.07, 6.45) is -0.906. The second kappa shape index (κ2) is 5.57. The van der Waals surface area contributed by atoms with E-state index in [1.807, 2.05) is 19.0 Å². The average Bonchev–Trinajstić information content (AvgIpc) is 2.86. The molecule has 0 aliphatic heterocycles. The van der Waals surface area contributed by atoms with E-state index in [0.717, 1.165) is 37.8 Å². The second-order valence-electron chi connectivity index (χ2n) is 5.92. The molecule has 0 bridgehead atoms.